The normalized spacial score (nSPS) is 12.8. The lowest BCUT2D eigenvalue weighted by molar-refractivity contribution is 0.709. The van der Waals surface area contributed by atoms with E-state index >= 15 is 0 Å². The molecule has 0 bridgehead atoms. The van der Waals surface area contributed by atoms with Crippen LogP contribution in [0.4, 0.5) is 0 Å². The molecule has 3 rings (SSSR count). The zero-order valence-corrected chi connectivity index (χ0v) is 14.8. The number of thiophene rings is 1. The minimum absolute atomic E-state index is 0.212. The van der Waals surface area contributed by atoms with Gasteiger partial charge in [0.05, 0.1) is 9.83 Å². The zero-order chi connectivity index (χ0) is 14.1. The van der Waals surface area contributed by atoms with Crippen LogP contribution in [0, 0.1) is 0 Å². The van der Waals surface area contributed by atoms with Crippen molar-refractivity contribution in [3.63, 3.8) is 0 Å². The number of rotatable bonds is 3. The smallest absolute Gasteiger partial charge is 0.0702 e. The maximum Gasteiger partial charge on any atom is 0.0702 e. The van der Waals surface area contributed by atoms with Gasteiger partial charge in [-0.1, -0.05) is 46.3 Å². The van der Waals surface area contributed by atoms with Crippen molar-refractivity contribution in [1.29, 1.82) is 0 Å². The molecule has 1 heterocycles. The van der Waals surface area contributed by atoms with Gasteiger partial charge in [-0.15, -0.1) is 11.3 Å². The Hall–Kier alpha value is -0.680. The first-order valence-corrected chi connectivity index (χ1v) is 8.70. The van der Waals surface area contributed by atoms with Gasteiger partial charge in [0, 0.05) is 9.35 Å². The van der Waals surface area contributed by atoms with Gasteiger partial charge in [0.1, 0.15) is 0 Å². The highest BCUT2D eigenvalue weighted by Crippen LogP contribution is 2.36. The topological polar surface area (TPSA) is 12.0 Å². The SMILES string of the molecule is CNC(c1ccc(Br)s1)c1ccc(Br)c2ccccc12. The van der Waals surface area contributed by atoms with Crippen molar-refractivity contribution in [3.8, 4) is 0 Å². The molecule has 0 amide bonds. The lowest BCUT2D eigenvalue weighted by atomic mass is 9.98. The molecular weight excluding hydrogens is 398 g/mol. The van der Waals surface area contributed by atoms with Gasteiger partial charge >= 0.3 is 0 Å². The standard InChI is InChI=1S/C16H13Br2NS/c1-19-16(14-8-9-15(18)20-14)12-6-7-13(17)11-5-3-2-4-10(11)12/h2-9,16,19H,1H3. The predicted molar refractivity (Wildman–Crippen MR) is 94.6 cm³/mol. The molecule has 0 aliphatic carbocycles. The van der Waals surface area contributed by atoms with Crippen LogP contribution in [0.25, 0.3) is 10.8 Å². The Kier molecular flexibility index (Phi) is 4.26. The van der Waals surface area contributed by atoms with E-state index in [4.69, 9.17) is 0 Å². The number of fused-ring (bicyclic) bond motifs is 1. The third-order valence-corrected chi connectivity index (χ3v) is 5.76. The summed E-state index contributed by atoms with van der Waals surface area (Å²) in [5.41, 5.74) is 1.31. The quantitative estimate of drug-likeness (QED) is 0.580. The van der Waals surface area contributed by atoms with E-state index in [-0.39, 0.29) is 6.04 Å². The van der Waals surface area contributed by atoms with Crippen molar-refractivity contribution in [2.45, 2.75) is 6.04 Å². The maximum absolute atomic E-state index is 3.64. The summed E-state index contributed by atoms with van der Waals surface area (Å²) in [7, 11) is 2.01. The fourth-order valence-electron chi connectivity index (χ4n) is 2.47. The Bertz CT molecular complexity index is 751. The first kappa shape index (κ1) is 14.3. The summed E-state index contributed by atoms with van der Waals surface area (Å²) in [5.74, 6) is 0. The van der Waals surface area contributed by atoms with Gasteiger partial charge in [-0.3, -0.25) is 0 Å². The molecule has 1 N–H and O–H groups in total. The molecule has 102 valence electrons. The van der Waals surface area contributed by atoms with Crippen LogP contribution >= 0.6 is 43.2 Å². The van der Waals surface area contributed by atoms with E-state index in [9.17, 15) is 0 Å². The minimum Gasteiger partial charge on any atom is -0.309 e. The summed E-state index contributed by atoms with van der Waals surface area (Å²) in [4.78, 5) is 1.31. The van der Waals surface area contributed by atoms with Crippen LogP contribution in [-0.2, 0) is 0 Å². The van der Waals surface area contributed by atoms with Gasteiger partial charge < -0.3 is 5.32 Å². The van der Waals surface area contributed by atoms with E-state index < -0.39 is 0 Å². The summed E-state index contributed by atoms with van der Waals surface area (Å²) in [6.07, 6.45) is 0. The summed E-state index contributed by atoms with van der Waals surface area (Å²) in [5, 5.41) is 5.97. The molecular formula is C16H13Br2NS. The predicted octanol–water partition coefficient (Wildman–Crippen LogP) is 5.74. The molecule has 0 aliphatic rings. The molecule has 2 aromatic carbocycles. The van der Waals surface area contributed by atoms with Crippen LogP contribution in [0.15, 0.2) is 56.8 Å². The molecule has 0 radical (unpaired) electrons. The van der Waals surface area contributed by atoms with Crippen molar-refractivity contribution in [3.05, 3.63) is 67.2 Å². The second-order valence-corrected chi connectivity index (χ2v) is 7.89. The number of hydrogen-bond acceptors (Lipinski definition) is 2. The van der Waals surface area contributed by atoms with E-state index in [1.54, 1.807) is 11.3 Å². The van der Waals surface area contributed by atoms with E-state index in [1.165, 1.54) is 21.2 Å². The molecule has 20 heavy (non-hydrogen) atoms. The van der Waals surface area contributed by atoms with Gasteiger partial charge in [-0.2, -0.15) is 0 Å². The largest absolute Gasteiger partial charge is 0.309 e. The Morgan fingerprint density at radius 3 is 2.35 bits per heavy atom. The number of benzene rings is 2. The highest BCUT2D eigenvalue weighted by Gasteiger charge is 2.17. The van der Waals surface area contributed by atoms with Crippen molar-refractivity contribution in [1.82, 2.24) is 5.32 Å². The zero-order valence-electron chi connectivity index (χ0n) is 10.9. The first-order valence-electron chi connectivity index (χ1n) is 6.30. The average molecular weight is 411 g/mol. The second-order valence-electron chi connectivity index (χ2n) is 4.55. The van der Waals surface area contributed by atoms with Crippen molar-refractivity contribution >= 4 is 54.0 Å². The van der Waals surface area contributed by atoms with Crippen LogP contribution in [0.3, 0.4) is 0 Å². The number of halogens is 2. The summed E-state index contributed by atoms with van der Waals surface area (Å²) < 4.78 is 2.30. The molecule has 0 fully saturated rings. The summed E-state index contributed by atoms with van der Waals surface area (Å²) >= 11 is 8.95. The van der Waals surface area contributed by atoms with Gasteiger partial charge in [-0.25, -0.2) is 0 Å². The molecule has 3 aromatic rings. The molecule has 1 aromatic heterocycles. The Balaban J connectivity index is 2.20. The van der Waals surface area contributed by atoms with Crippen LogP contribution in [0.2, 0.25) is 0 Å². The molecule has 4 heteroatoms. The highest BCUT2D eigenvalue weighted by molar-refractivity contribution is 9.11. The lowest BCUT2D eigenvalue weighted by Crippen LogP contribution is -2.16. The molecule has 0 saturated carbocycles. The third-order valence-electron chi connectivity index (χ3n) is 3.38. The van der Waals surface area contributed by atoms with Crippen LogP contribution in [-0.4, -0.2) is 7.05 Å². The van der Waals surface area contributed by atoms with E-state index in [0.717, 1.165) is 8.26 Å². The monoisotopic (exact) mass is 409 g/mol. The van der Waals surface area contributed by atoms with Gasteiger partial charge in [-0.05, 0) is 57.5 Å². The van der Waals surface area contributed by atoms with E-state index in [1.807, 2.05) is 7.05 Å². The fourth-order valence-corrected chi connectivity index (χ4v) is 4.50. The number of hydrogen-bond donors (Lipinski definition) is 1. The second kappa shape index (κ2) is 5.98. The first-order chi connectivity index (χ1) is 9.70. The summed E-state index contributed by atoms with van der Waals surface area (Å²) in [6, 6.07) is 17.3. The third kappa shape index (κ3) is 2.58. The lowest BCUT2D eigenvalue weighted by Gasteiger charge is -2.18. The van der Waals surface area contributed by atoms with Crippen LogP contribution in [0.1, 0.15) is 16.5 Å². The van der Waals surface area contributed by atoms with Gasteiger partial charge in [0.15, 0.2) is 0 Å². The van der Waals surface area contributed by atoms with Crippen molar-refractivity contribution in [2.24, 2.45) is 0 Å². The average Bonchev–Trinajstić information content (AvgIpc) is 2.89. The minimum atomic E-state index is 0.212. The Morgan fingerprint density at radius 2 is 1.70 bits per heavy atom. The van der Waals surface area contributed by atoms with Gasteiger partial charge in [0.25, 0.3) is 0 Å². The van der Waals surface area contributed by atoms with E-state index in [0.29, 0.717) is 0 Å². The maximum atomic E-state index is 3.64. The fraction of sp³-hybridized carbons (Fsp3) is 0.125. The van der Waals surface area contributed by atoms with Crippen molar-refractivity contribution < 1.29 is 0 Å². The molecule has 0 saturated heterocycles. The molecule has 1 atom stereocenters. The molecule has 0 spiro atoms. The highest BCUT2D eigenvalue weighted by atomic mass is 79.9. The Morgan fingerprint density at radius 1 is 0.950 bits per heavy atom. The van der Waals surface area contributed by atoms with E-state index in [2.05, 4.69) is 85.7 Å². The van der Waals surface area contributed by atoms with Crippen LogP contribution < -0.4 is 5.32 Å². The Labute approximate surface area is 139 Å². The molecule has 0 aliphatic heterocycles. The van der Waals surface area contributed by atoms with Gasteiger partial charge in [0.2, 0.25) is 0 Å². The van der Waals surface area contributed by atoms with Crippen LogP contribution in [0.5, 0.6) is 0 Å². The molecule has 1 nitrogen and oxygen atoms in total. The summed E-state index contributed by atoms with van der Waals surface area (Å²) in [6.45, 7) is 0. The number of nitrogens with one attached hydrogen (secondary N) is 1. The van der Waals surface area contributed by atoms with Crippen molar-refractivity contribution in [2.75, 3.05) is 7.05 Å². The molecule has 1 unspecified atom stereocenters.